The van der Waals surface area contributed by atoms with Gasteiger partial charge in [-0.2, -0.15) is 4.72 Å². The third kappa shape index (κ3) is 2.02. The monoisotopic (exact) mass is 337 g/mol. The molecule has 0 radical (unpaired) electrons. The summed E-state index contributed by atoms with van der Waals surface area (Å²) in [5, 5.41) is 1.82. The van der Waals surface area contributed by atoms with Crippen LogP contribution >= 0.6 is 0 Å². The molecule has 0 fully saturated rings. The predicted octanol–water partition coefficient (Wildman–Crippen LogP) is 3.23. The molecule has 3 aromatic rings. The second kappa shape index (κ2) is 5.00. The van der Waals surface area contributed by atoms with Crippen molar-refractivity contribution >= 4 is 26.6 Å². The average Bonchev–Trinajstić information content (AvgIpc) is 2.59. The van der Waals surface area contributed by atoms with Gasteiger partial charge in [-0.1, -0.05) is 54.6 Å². The lowest BCUT2D eigenvalue weighted by Gasteiger charge is -2.35. The van der Waals surface area contributed by atoms with Crippen LogP contribution in [-0.4, -0.2) is 14.2 Å². The summed E-state index contributed by atoms with van der Waals surface area (Å²) in [7, 11) is -3.77. The first-order chi connectivity index (χ1) is 11.4. The summed E-state index contributed by atoms with van der Waals surface area (Å²) in [6.45, 7) is 1.63. The normalized spacial score (nSPS) is 22.3. The minimum atomic E-state index is -3.77. The summed E-state index contributed by atoms with van der Waals surface area (Å²) in [5.41, 5.74) is -0.455. The molecule has 3 aromatic carbocycles. The molecule has 1 N–H and O–H groups in total. The van der Waals surface area contributed by atoms with Gasteiger partial charge in [0.05, 0.1) is 4.90 Å². The molecule has 4 nitrogen and oxygen atoms in total. The Morgan fingerprint density at radius 2 is 1.54 bits per heavy atom. The first-order valence-corrected chi connectivity index (χ1v) is 9.08. The van der Waals surface area contributed by atoms with Crippen molar-refractivity contribution in [2.75, 3.05) is 0 Å². The Labute approximate surface area is 140 Å². The molecule has 0 amide bonds. The average molecular weight is 337 g/mol. The molecule has 1 aliphatic rings. The molecule has 1 aliphatic heterocycles. The maximum atomic E-state index is 13.1. The van der Waals surface area contributed by atoms with Crippen molar-refractivity contribution in [3.63, 3.8) is 0 Å². The number of rotatable bonds is 1. The van der Waals surface area contributed by atoms with Crippen LogP contribution in [-0.2, 0) is 15.6 Å². The summed E-state index contributed by atoms with van der Waals surface area (Å²) >= 11 is 0. The topological polar surface area (TPSA) is 63.2 Å². The lowest BCUT2D eigenvalue weighted by atomic mass is 9.82. The van der Waals surface area contributed by atoms with E-state index in [1.54, 1.807) is 31.2 Å². The van der Waals surface area contributed by atoms with Crippen molar-refractivity contribution in [1.82, 2.24) is 4.72 Å². The fraction of sp³-hybridized carbons (Fsp3) is 0.105. The van der Waals surface area contributed by atoms with Crippen LogP contribution in [0.5, 0.6) is 0 Å². The zero-order valence-electron chi connectivity index (χ0n) is 13.0. The fourth-order valence-corrected chi connectivity index (χ4v) is 4.92. The van der Waals surface area contributed by atoms with Crippen LogP contribution in [0.25, 0.3) is 10.8 Å². The molecule has 0 unspecified atom stereocenters. The first kappa shape index (κ1) is 15.1. The molecule has 0 saturated heterocycles. The Bertz CT molecular complexity index is 1080. The number of benzene rings is 3. The Morgan fingerprint density at radius 3 is 2.38 bits per heavy atom. The van der Waals surface area contributed by atoms with E-state index in [0.29, 0.717) is 5.56 Å². The van der Waals surface area contributed by atoms with Crippen LogP contribution in [0.1, 0.15) is 22.8 Å². The Morgan fingerprint density at radius 1 is 0.875 bits per heavy atom. The molecule has 4 rings (SSSR count). The summed E-state index contributed by atoms with van der Waals surface area (Å²) in [6, 6.07) is 19.5. The van der Waals surface area contributed by atoms with Crippen LogP contribution in [0, 0.1) is 0 Å². The van der Waals surface area contributed by atoms with Crippen LogP contribution in [0.4, 0.5) is 0 Å². The summed E-state index contributed by atoms with van der Waals surface area (Å²) in [5.74, 6) is -0.246. The molecule has 0 aromatic heterocycles. The Balaban J connectivity index is 2.03. The number of Topliss-reactive ketones (excluding diaryl/α,β-unsaturated/α-hetero) is 1. The van der Waals surface area contributed by atoms with E-state index in [9.17, 15) is 13.2 Å². The molecular formula is C19H15NO3S. The van der Waals surface area contributed by atoms with E-state index < -0.39 is 15.6 Å². The second-order valence-corrected chi connectivity index (χ2v) is 7.73. The molecule has 0 aliphatic carbocycles. The fourth-order valence-electron chi connectivity index (χ4n) is 3.37. The number of carbonyl (C=O) groups excluding carboxylic acids is 1. The number of sulfonamides is 1. The molecule has 0 saturated carbocycles. The third-order valence-electron chi connectivity index (χ3n) is 4.54. The highest BCUT2D eigenvalue weighted by molar-refractivity contribution is 7.89. The molecule has 5 heteroatoms. The number of carbonyl (C=O) groups is 1. The van der Waals surface area contributed by atoms with Gasteiger partial charge in [0.2, 0.25) is 10.0 Å². The molecular weight excluding hydrogens is 322 g/mol. The Kier molecular flexibility index (Phi) is 3.13. The van der Waals surface area contributed by atoms with Gasteiger partial charge < -0.3 is 0 Å². The van der Waals surface area contributed by atoms with E-state index in [1.807, 2.05) is 36.4 Å². The number of fused-ring (bicyclic) bond motifs is 2. The lowest BCUT2D eigenvalue weighted by molar-refractivity contribution is 0.0876. The molecule has 1 atom stereocenters. The minimum Gasteiger partial charge on any atom is -0.292 e. The van der Waals surface area contributed by atoms with E-state index in [1.165, 1.54) is 6.07 Å². The summed E-state index contributed by atoms with van der Waals surface area (Å²) in [4.78, 5) is 13.2. The van der Waals surface area contributed by atoms with Gasteiger partial charge in [-0.3, -0.25) is 4.79 Å². The highest BCUT2D eigenvalue weighted by Gasteiger charge is 2.46. The van der Waals surface area contributed by atoms with Crippen molar-refractivity contribution in [3.8, 4) is 0 Å². The van der Waals surface area contributed by atoms with Gasteiger partial charge in [0.25, 0.3) is 0 Å². The van der Waals surface area contributed by atoms with Crippen LogP contribution in [0.2, 0.25) is 0 Å². The highest BCUT2D eigenvalue weighted by atomic mass is 32.2. The van der Waals surface area contributed by atoms with Crippen LogP contribution in [0.15, 0.2) is 71.6 Å². The van der Waals surface area contributed by atoms with Gasteiger partial charge in [-0.15, -0.1) is 0 Å². The first-order valence-electron chi connectivity index (χ1n) is 7.59. The van der Waals surface area contributed by atoms with Crippen molar-refractivity contribution in [3.05, 3.63) is 77.9 Å². The minimum absolute atomic E-state index is 0.0349. The zero-order chi connectivity index (χ0) is 16.9. The lowest BCUT2D eigenvalue weighted by Crippen LogP contribution is -2.53. The molecule has 0 bridgehead atoms. The van der Waals surface area contributed by atoms with Gasteiger partial charge in [0.15, 0.2) is 5.78 Å². The van der Waals surface area contributed by atoms with Crippen LogP contribution < -0.4 is 4.72 Å². The van der Waals surface area contributed by atoms with E-state index >= 15 is 0 Å². The van der Waals surface area contributed by atoms with Crippen molar-refractivity contribution in [1.29, 1.82) is 0 Å². The summed E-state index contributed by atoms with van der Waals surface area (Å²) in [6.07, 6.45) is 0. The zero-order valence-corrected chi connectivity index (χ0v) is 13.8. The maximum Gasteiger partial charge on any atom is 0.242 e. The maximum absolute atomic E-state index is 13.1. The van der Waals surface area contributed by atoms with Crippen molar-refractivity contribution in [2.45, 2.75) is 17.4 Å². The van der Waals surface area contributed by atoms with E-state index in [-0.39, 0.29) is 16.2 Å². The van der Waals surface area contributed by atoms with Crippen LogP contribution in [0.3, 0.4) is 0 Å². The Hall–Kier alpha value is -2.50. The second-order valence-electron chi connectivity index (χ2n) is 6.08. The molecule has 120 valence electrons. The third-order valence-corrected chi connectivity index (χ3v) is 6.15. The van der Waals surface area contributed by atoms with E-state index in [0.717, 1.165) is 10.8 Å². The number of ketones is 1. The van der Waals surface area contributed by atoms with Gasteiger partial charge >= 0.3 is 0 Å². The van der Waals surface area contributed by atoms with Crippen molar-refractivity contribution < 1.29 is 13.2 Å². The molecule has 0 spiro atoms. The van der Waals surface area contributed by atoms with Gasteiger partial charge in [0, 0.05) is 5.56 Å². The predicted molar refractivity (Wildman–Crippen MR) is 92.4 cm³/mol. The SMILES string of the molecule is C[C@]1(c2cccc3ccccc23)NS(=O)(=O)c2ccccc2C1=O. The smallest absolute Gasteiger partial charge is 0.242 e. The molecule has 1 heterocycles. The van der Waals surface area contributed by atoms with E-state index in [2.05, 4.69) is 4.72 Å². The number of hydrogen-bond donors (Lipinski definition) is 1. The standard InChI is InChI=1S/C19H15NO3S/c1-19(16-11-6-8-13-7-2-3-9-14(13)16)18(21)15-10-4-5-12-17(15)24(22,23)20-19/h2-12,20H,1H3/t19-/m1/s1. The largest absolute Gasteiger partial charge is 0.292 e. The number of nitrogens with one attached hydrogen (secondary N) is 1. The highest BCUT2D eigenvalue weighted by Crippen LogP contribution is 2.37. The van der Waals surface area contributed by atoms with Crippen molar-refractivity contribution in [2.24, 2.45) is 0 Å². The summed E-state index contributed by atoms with van der Waals surface area (Å²) < 4.78 is 28.0. The molecule has 24 heavy (non-hydrogen) atoms. The van der Waals surface area contributed by atoms with Gasteiger partial charge in [-0.05, 0) is 35.4 Å². The quantitative estimate of drug-likeness (QED) is 0.741. The van der Waals surface area contributed by atoms with Gasteiger partial charge in [-0.25, -0.2) is 8.42 Å². The van der Waals surface area contributed by atoms with Gasteiger partial charge in [0.1, 0.15) is 5.54 Å². The van der Waals surface area contributed by atoms with E-state index in [4.69, 9.17) is 0 Å². The number of hydrogen-bond acceptors (Lipinski definition) is 3.